The van der Waals surface area contributed by atoms with Crippen LogP contribution in [0.25, 0.3) is 43.1 Å². The molecule has 0 saturated heterocycles. The summed E-state index contributed by atoms with van der Waals surface area (Å²) in [5.74, 6) is 2.97. The maximum absolute atomic E-state index is 12.7. The summed E-state index contributed by atoms with van der Waals surface area (Å²) >= 11 is 0. The Balaban J connectivity index is 0.000000120. The Morgan fingerprint density at radius 2 is 0.457 bits per heavy atom. The van der Waals surface area contributed by atoms with E-state index in [2.05, 4.69) is 58.0 Å². The molecule has 24 nitrogen and oxygen atoms in total. The van der Waals surface area contributed by atoms with E-state index in [4.69, 9.17) is 20.0 Å². The molecule has 0 atom stereocenters. The quantitative estimate of drug-likeness (QED) is 0.129. The molecule has 0 aromatic heterocycles. The van der Waals surface area contributed by atoms with E-state index in [1.54, 1.807) is 33.4 Å². The van der Waals surface area contributed by atoms with Gasteiger partial charge in [-0.05, 0) is 94.3 Å². The molecular formula is C88H84N12O12S4. The molecule has 2 N–H and O–H groups in total. The van der Waals surface area contributed by atoms with Crippen molar-refractivity contribution >= 4 is 176 Å². The lowest BCUT2D eigenvalue weighted by atomic mass is 10.0. The average Bonchev–Trinajstić information content (AvgIpc) is 1.57. The lowest BCUT2D eigenvalue weighted by Gasteiger charge is -2.24. The number of carbonyl (C=O) groups excluding carboxylic acids is 4. The third-order valence-corrected chi connectivity index (χ3v) is 24.3. The number of fused-ring (bicyclic) bond motifs is 16. The van der Waals surface area contributed by atoms with E-state index in [-0.39, 0.29) is 23.6 Å². The summed E-state index contributed by atoms with van der Waals surface area (Å²) in [5.41, 5.74) is 14.0. The van der Waals surface area contributed by atoms with E-state index in [1.165, 1.54) is 21.1 Å². The fourth-order valence-electron chi connectivity index (χ4n) is 14.8. The molecule has 8 aliphatic heterocycles. The van der Waals surface area contributed by atoms with Gasteiger partial charge in [0.05, 0.1) is 92.8 Å². The van der Waals surface area contributed by atoms with Crippen LogP contribution >= 0.6 is 0 Å². The van der Waals surface area contributed by atoms with Gasteiger partial charge in [-0.15, -0.1) is 0 Å². The van der Waals surface area contributed by atoms with E-state index < -0.39 is 40.1 Å². The molecule has 4 amide bonds. The van der Waals surface area contributed by atoms with Gasteiger partial charge < -0.3 is 0 Å². The van der Waals surface area contributed by atoms with Crippen LogP contribution in [0.3, 0.4) is 0 Å². The Kier molecular flexibility index (Phi) is 23.8. The number of amides is 4. The first-order chi connectivity index (χ1) is 55.5. The molecule has 20 rings (SSSR count). The lowest BCUT2D eigenvalue weighted by molar-refractivity contribution is 0.0999. The highest BCUT2D eigenvalue weighted by molar-refractivity contribution is 7.89. The Morgan fingerprint density at radius 3 is 0.612 bits per heavy atom. The zero-order valence-electron chi connectivity index (χ0n) is 65.3. The van der Waals surface area contributed by atoms with Crippen molar-refractivity contribution in [3.63, 3.8) is 0 Å². The summed E-state index contributed by atoms with van der Waals surface area (Å²) in [6.45, 7) is 14.0. The topological polar surface area (TPSA) is 298 Å². The van der Waals surface area contributed by atoms with Crippen molar-refractivity contribution in [2.45, 2.75) is 41.5 Å². The molecular weight excluding hydrogens is 1550 g/mol. The maximum Gasteiger partial charge on any atom is 0.264 e. The van der Waals surface area contributed by atoms with E-state index in [9.17, 15) is 52.8 Å². The summed E-state index contributed by atoms with van der Waals surface area (Å²) in [6, 6.07) is 79.0. The van der Waals surface area contributed by atoms with Gasteiger partial charge in [-0.25, -0.2) is 71.7 Å². The van der Waals surface area contributed by atoms with Gasteiger partial charge in [0.25, 0.3) is 23.6 Å². The predicted octanol–water partition coefficient (Wildman–Crippen LogP) is 15.3. The van der Waals surface area contributed by atoms with Crippen LogP contribution in [0.5, 0.6) is 0 Å². The van der Waals surface area contributed by atoms with Crippen molar-refractivity contribution in [3.8, 4) is 0 Å². The highest BCUT2D eigenvalue weighted by Crippen LogP contribution is 2.48. The fourth-order valence-corrected chi connectivity index (χ4v) is 17.8. The van der Waals surface area contributed by atoms with Crippen molar-refractivity contribution < 1.29 is 52.8 Å². The van der Waals surface area contributed by atoms with Crippen LogP contribution in [0.1, 0.15) is 105 Å². The summed E-state index contributed by atoms with van der Waals surface area (Å²) in [7, 11) is -11.7. The second kappa shape index (κ2) is 33.7. The van der Waals surface area contributed by atoms with Gasteiger partial charge in [-0.3, -0.25) is 38.8 Å². The second-order valence-electron chi connectivity index (χ2n) is 27.3. The molecule has 0 unspecified atom stereocenters. The number of carbonyl (C=O) groups is 4. The van der Waals surface area contributed by atoms with Crippen molar-refractivity contribution in [1.82, 2.24) is 18.1 Å². The number of hydrogen-bond donors (Lipinski definition) is 2. The lowest BCUT2D eigenvalue weighted by Crippen LogP contribution is -2.31. The standard InChI is InChI=1S/4C18H10N2O.2C5H13NO2S.2C3H9NO2S/c4*21-18-13-8-2-1-7-12(13)17-19-14-9-3-5-11-6-4-10-15(16(11)14)20(17)18;2*1-4-6(5-2)9(3,7)8;2*1-3-4-7(2,5)6/h4*1-10H;2*4-5H2,1-3H3;2*4H,3H2,1-2H3. The van der Waals surface area contributed by atoms with E-state index >= 15 is 0 Å². The van der Waals surface area contributed by atoms with Gasteiger partial charge in [-0.2, -0.15) is 0 Å². The third kappa shape index (κ3) is 16.3. The third-order valence-electron chi connectivity index (χ3n) is 19.7. The van der Waals surface area contributed by atoms with E-state index in [0.29, 0.717) is 39.3 Å². The Morgan fingerprint density at radius 1 is 0.267 bits per heavy atom. The number of sulfonamides is 4. The van der Waals surface area contributed by atoms with Crippen molar-refractivity contribution in [3.05, 3.63) is 287 Å². The molecule has 28 heteroatoms. The molecule has 12 aromatic rings. The number of benzene rings is 12. The molecule has 592 valence electrons. The zero-order valence-corrected chi connectivity index (χ0v) is 68.6. The van der Waals surface area contributed by atoms with Gasteiger partial charge in [0.15, 0.2) is 0 Å². The zero-order chi connectivity index (χ0) is 82.7. The van der Waals surface area contributed by atoms with E-state index in [1.807, 2.05) is 222 Å². The van der Waals surface area contributed by atoms with Crippen LogP contribution in [0.15, 0.2) is 263 Å². The Hall–Kier alpha value is -12.1. The maximum atomic E-state index is 12.7. The summed E-state index contributed by atoms with van der Waals surface area (Å²) in [5, 5.41) is 8.62. The smallest absolute Gasteiger partial charge is 0.264 e. The van der Waals surface area contributed by atoms with Crippen molar-refractivity contribution in [2.75, 3.05) is 83.9 Å². The van der Waals surface area contributed by atoms with Crippen LogP contribution in [-0.4, -0.2) is 154 Å². The van der Waals surface area contributed by atoms with Crippen molar-refractivity contribution in [1.29, 1.82) is 0 Å². The van der Waals surface area contributed by atoms with Crippen LogP contribution in [0, 0.1) is 0 Å². The fraction of sp³-hybridized carbons (Fsp3) is 0.182. The number of aliphatic imine (C=N–C) groups is 4. The molecule has 116 heavy (non-hydrogen) atoms. The van der Waals surface area contributed by atoms with Crippen LogP contribution < -0.4 is 29.0 Å². The van der Waals surface area contributed by atoms with Gasteiger partial charge in [0.1, 0.15) is 23.3 Å². The number of amidine groups is 4. The number of anilines is 4. The highest BCUT2D eigenvalue weighted by Gasteiger charge is 2.42. The minimum Gasteiger partial charge on any atom is -0.268 e. The second-order valence-corrected chi connectivity index (χ2v) is 35.0. The van der Waals surface area contributed by atoms with E-state index in [0.717, 1.165) is 169 Å². The Bertz CT molecular complexity index is 5860. The number of hydrogen-bond acceptors (Lipinski definition) is 16. The molecule has 8 heterocycles. The molecule has 12 aromatic carbocycles. The molecule has 0 aliphatic carbocycles. The van der Waals surface area contributed by atoms with Crippen molar-refractivity contribution in [2.24, 2.45) is 20.0 Å². The Labute approximate surface area is 674 Å². The minimum atomic E-state index is -2.93. The summed E-state index contributed by atoms with van der Waals surface area (Å²) in [6.07, 6.45) is 4.72. The first kappa shape index (κ1) is 81.9. The van der Waals surface area contributed by atoms with Gasteiger partial charge in [0, 0.05) is 83.1 Å². The minimum absolute atomic E-state index is 0.00588. The van der Waals surface area contributed by atoms with Crippen LogP contribution in [-0.2, 0) is 40.1 Å². The molecule has 0 bridgehead atoms. The monoisotopic (exact) mass is 1630 g/mol. The largest absolute Gasteiger partial charge is 0.268 e. The molecule has 0 radical (unpaired) electrons. The number of nitrogens with one attached hydrogen (secondary N) is 2. The van der Waals surface area contributed by atoms with Gasteiger partial charge >= 0.3 is 0 Å². The summed E-state index contributed by atoms with van der Waals surface area (Å²) < 4.78 is 90.7. The molecule has 0 spiro atoms. The number of nitrogens with zero attached hydrogens (tertiary/aromatic N) is 10. The first-order valence-electron chi connectivity index (χ1n) is 37.5. The molecule has 8 aliphatic rings. The number of rotatable bonds is 10. The highest BCUT2D eigenvalue weighted by atomic mass is 32.2. The predicted molar refractivity (Wildman–Crippen MR) is 466 cm³/mol. The molecule has 0 saturated carbocycles. The van der Waals surface area contributed by atoms with Gasteiger partial charge in [0.2, 0.25) is 40.1 Å². The average molecular weight is 1630 g/mol. The van der Waals surface area contributed by atoms with Crippen LogP contribution in [0.2, 0.25) is 0 Å². The SMILES string of the molecule is CCN(CC)S(C)(=O)=O.CCN(CC)S(C)(=O)=O.CCNS(C)(=O)=O.CCNS(C)(=O)=O.O=C1c2ccccc2C2=Nc3cccc4cccc(c34)N12.O=C1c2ccccc2C2=Nc3cccc4cccc(c34)N12.O=C1c2ccccc2C2=Nc3cccc4cccc(c34)N12.O=C1c2ccccc2C2=Nc3cccc4cccc(c34)N12. The summed E-state index contributed by atoms with van der Waals surface area (Å²) in [4.78, 5) is 76.8. The van der Waals surface area contributed by atoms with Gasteiger partial charge in [-0.1, -0.05) is 211 Å². The first-order valence-corrected chi connectivity index (χ1v) is 45.0. The molecule has 0 fully saturated rings. The normalized spacial score (nSPS) is 14.2. The van der Waals surface area contributed by atoms with Crippen LogP contribution in [0.4, 0.5) is 45.5 Å².